The molecule has 2 saturated heterocycles. The standard InChI is InChI=1S/C18H24FN5O2/c19-14-15(12-6-7-12)21-17(22-16(14)25)23-8-10-24(11-9-23)18(26)20-13-4-2-1-3-5-13/h1-5,12,14-15,17,21H,6-11H2,(H,20,26)(H,22,25). The zero-order valence-electron chi connectivity index (χ0n) is 14.5. The minimum Gasteiger partial charge on any atom is -0.325 e. The first-order valence-electron chi connectivity index (χ1n) is 9.17. The second kappa shape index (κ2) is 7.20. The number of nitrogens with zero attached hydrogens (tertiary/aromatic N) is 2. The van der Waals surface area contributed by atoms with Gasteiger partial charge in [-0.05, 0) is 30.9 Å². The van der Waals surface area contributed by atoms with Crippen LogP contribution in [0.25, 0.3) is 0 Å². The molecule has 2 heterocycles. The van der Waals surface area contributed by atoms with E-state index < -0.39 is 18.1 Å². The van der Waals surface area contributed by atoms with Gasteiger partial charge in [-0.3, -0.25) is 15.0 Å². The van der Waals surface area contributed by atoms with E-state index in [2.05, 4.69) is 20.9 Å². The van der Waals surface area contributed by atoms with E-state index in [1.807, 2.05) is 30.3 Å². The van der Waals surface area contributed by atoms with E-state index in [-0.39, 0.29) is 18.2 Å². The molecule has 0 bridgehead atoms. The third-order valence-corrected chi connectivity index (χ3v) is 5.32. The van der Waals surface area contributed by atoms with Crippen LogP contribution in [0.15, 0.2) is 30.3 Å². The number of benzene rings is 1. The molecule has 140 valence electrons. The quantitative estimate of drug-likeness (QED) is 0.749. The number of para-hydroxylation sites is 1. The second-order valence-corrected chi connectivity index (χ2v) is 7.16. The van der Waals surface area contributed by atoms with E-state index in [9.17, 15) is 14.0 Å². The van der Waals surface area contributed by atoms with E-state index in [0.29, 0.717) is 26.2 Å². The monoisotopic (exact) mass is 361 g/mol. The van der Waals surface area contributed by atoms with Crippen LogP contribution in [-0.4, -0.2) is 66.4 Å². The van der Waals surface area contributed by atoms with Crippen molar-refractivity contribution in [3.8, 4) is 0 Å². The topological polar surface area (TPSA) is 76.7 Å². The molecule has 3 unspecified atom stereocenters. The molecular weight excluding hydrogens is 337 g/mol. The lowest BCUT2D eigenvalue weighted by molar-refractivity contribution is -0.134. The molecule has 4 rings (SSSR count). The first-order valence-corrected chi connectivity index (χ1v) is 9.17. The van der Waals surface area contributed by atoms with Crippen molar-refractivity contribution < 1.29 is 14.0 Å². The van der Waals surface area contributed by atoms with Crippen LogP contribution in [0.1, 0.15) is 12.8 Å². The Balaban J connectivity index is 1.30. The molecule has 1 aromatic rings. The van der Waals surface area contributed by atoms with Crippen LogP contribution >= 0.6 is 0 Å². The summed E-state index contributed by atoms with van der Waals surface area (Å²) in [4.78, 5) is 28.1. The Kier molecular flexibility index (Phi) is 4.78. The maximum Gasteiger partial charge on any atom is 0.321 e. The highest BCUT2D eigenvalue weighted by Gasteiger charge is 2.46. The van der Waals surface area contributed by atoms with Crippen LogP contribution in [0, 0.1) is 5.92 Å². The maximum absolute atomic E-state index is 14.1. The highest BCUT2D eigenvalue weighted by molar-refractivity contribution is 5.89. The molecule has 1 saturated carbocycles. The lowest BCUT2D eigenvalue weighted by Gasteiger charge is -2.43. The number of rotatable bonds is 3. The van der Waals surface area contributed by atoms with Gasteiger partial charge in [-0.1, -0.05) is 18.2 Å². The van der Waals surface area contributed by atoms with Gasteiger partial charge in [-0.15, -0.1) is 0 Å². The Labute approximate surface area is 151 Å². The van der Waals surface area contributed by atoms with Crippen molar-refractivity contribution in [1.29, 1.82) is 0 Å². The SMILES string of the molecule is O=C1NC(N2CCN(C(=O)Nc3ccccc3)CC2)NC(C2CC2)C1F. The summed E-state index contributed by atoms with van der Waals surface area (Å²) in [5.41, 5.74) is 0.766. The zero-order valence-corrected chi connectivity index (χ0v) is 14.5. The highest BCUT2D eigenvalue weighted by Crippen LogP contribution is 2.36. The van der Waals surface area contributed by atoms with Gasteiger partial charge in [0.05, 0.1) is 6.04 Å². The first kappa shape index (κ1) is 17.2. The Morgan fingerprint density at radius 1 is 1.12 bits per heavy atom. The summed E-state index contributed by atoms with van der Waals surface area (Å²) in [7, 11) is 0. The smallest absolute Gasteiger partial charge is 0.321 e. The second-order valence-electron chi connectivity index (χ2n) is 7.16. The van der Waals surface area contributed by atoms with E-state index in [1.54, 1.807) is 4.90 Å². The summed E-state index contributed by atoms with van der Waals surface area (Å²) >= 11 is 0. The van der Waals surface area contributed by atoms with Crippen LogP contribution in [0.3, 0.4) is 0 Å². The number of alkyl halides is 1. The minimum atomic E-state index is -1.48. The van der Waals surface area contributed by atoms with Crippen molar-refractivity contribution in [3.05, 3.63) is 30.3 Å². The molecule has 1 aromatic carbocycles. The van der Waals surface area contributed by atoms with E-state index in [1.165, 1.54) is 0 Å². The Morgan fingerprint density at radius 3 is 2.46 bits per heavy atom. The fraction of sp³-hybridized carbons (Fsp3) is 0.556. The molecule has 7 nitrogen and oxygen atoms in total. The van der Waals surface area contributed by atoms with Crippen molar-refractivity contribution in [2.75, 3.05) is 31.5 Å². The van der Waals surface area contributed by atoms with Crippen molar-refractivity contribution in [2.24, 2.45) is 5.92 Å². The largest absolute Gasteiger partial charge is 0.325 e. The number of carbonyl (C=O) groups is 2. The van der Waals surface area contributed by atoms with Crippen LogP contribution in [-0.2, 0) is 4.79 Å². The molecule has 0 spiro atoms. The van der Waals surface area contributed by atoms with E-state index in [0.717, 1.165) is 18.5 Å². The van der Waals surface area contributed by atoms with Crippen molar-refractivity contribution in [3.63, 3.8) is 0 Å². The van der Waals surface area contributed by atoms with Gasteiger partial charge >= 0.3 is 6.03 Å². The van der Waals surface area contributed by atoms with Gasteiger partial charge in [0, 0.05) is 31.9 Å². The lowest BCUT2D eigenvalue weighted by atomic mass is 10.0. The summed E-state index contributed by atoms with van der Waals surface area (Å²) in [6.45, 7) is 2.35. The van der Waals surface area contributed by atoms with E-state index in [4.69, 9.17) is 0 Å². The number of piperazine rings is 1. The third kappa shape index (κ3) is 3.66. The fourth-order valence-electron chi connectivity index (χ4n) is 3.62. The first-order chi connectivity index (χ1) is 12.6. The Morgan fingerprint density at radius 2 is 1.81 bits per heavy atom. The average Bonchev–Trinajstić information content (AvgIpc) is 3.50. The molecule has 26 heavy (non-hydrogen) atoms. The Hall–Kier alpha value is -2.19. The number of urea groups is 1. The maximum atomic E-state index is 14.1. The van der Waals surface area contributed by atoms with Gasteiger partial charge in [0.1, 0.15) is 6.29 Å². The molecule has 3 N–H and O–H groups in total. The zero-order chi connectivity index (χ0) is 18.1. The summed E-state index contributed by atoms with van der Waals surface area (Å²) in [6, 6.07) is 8.82. The van der Waals surface area contributed by atoms with Crippen LogP contribution < -0.4 is 16.0 Å². The van der Waals surface area contributed by atoms with Crippen LogP contribution in [0.4, 0.5) is 14.9 Å². The van der Waals surface area contributed by atoms with Gasteiger partial charge in [0.25, 0.3) is 5.91 Å². The van der Waals surface area contributed by atoms with Gasteiger partial charge in [0.2, 0.25) is 0 Å². The summed E-state index contributed by atoms with van der Waals surface area (Å²) in [5, 5.41) is 8.85. The van der Waals surface area contributed by atoms with Gasteiger partial charge < -0.3 is 15.5 Å². The average molecular weight is 361 g/mol. The van der Waals surface area contributed by atoms with Crippen molar-refractivity contribution >= 4 is 17.6 Å². The molecule has 2 aliphatic heterocycles. The highest BCUT2D eigenvalue weighted by atomic mass is 19.1. The number of amides is 3. The predicted molar refractivity (Wildman–Crippen MR) is 95.1 cm³/mol. The summed E-state index contributed by atoms with van der Waals surface area (Å²) in [5.74, 6) is -0.272. The number of halogens is 1. The summed E-state index contributed by atoms with van der Waals surface area (Å²) in [6.07, 6.45) is 0.118. The molecule has 3 atom stereocenters. The Bertz CT molecular complexity index is 661. The summed E-state index contributed by atoms with van der Waals surface area (Å²) < 4.78 is 14.1. The van der Waals surface area contributed by atoms with E-state index >= 15 is 0 Å². The van der Waals surface area contributed by atoms with Crippen molar-refractivity contribution in [1.82, 2.24) is 20.4 Å². The number of anilines is 1. The normalized spacial score (nSPS) is 30.0. The molecule has 1 aliphatic carbocycles. The molecule has 8 heteroatoms. The van der Waals surface area contributed by atoms with Gasteiger partial charge in [-0.2, -0.15) is 0 Å². The third-order valence-electron chi connectivity index (χ3n) is 5.32. The predicted octanol–water partition coefficient (Wildman–Crippen LogP) is 0.956. The number of hydrogen-bond donors (Lipinski definition) is 3. The van der Waals surface area contributed by atoms with Gasteiger partial charge in [-0.25, -0.2) is 9.18 Å². The molecular formula is C18H24FN5O2. The van der Waals surface area contributed by atoms with Crippen molar-refractivity contribution in [2.45, 2.75) is 31.3 Å². The number of carbonyl (C=O) groups excluding carboxylic acids is 2. The molecule has 0 radical (unpaired) electrons. The van der Waals surface area contributed by atoms with Crippen LogP contribution in [0.2, 0.25) is 0 Å². The van der Waals surface area contributed by atoms with Gasteiger partial charge in [0.15, 0.2) is 6.17 Å². The molecule has 0 aromatic heterocycles. The molecule has 3 amide bonds. The minimum absolute atomic E-state index is 0.129. The molecule has 3 fully saturated rings. The number of hydrogen-bond acceptors (Lipinski definition) is 4. The number of nitrogens with one attached hydrogen (secondary N) is 3. The lowest BCUT2D eigenvalue weighted by Crippen LogP contribution is -2.70. The fourth-order valence-corrected chi connectivity index (χ4v) is 3.62. The molecule has 3 aliphatic rings. The van der Waals surface area contributed by atoms with Crippen LogP contribution in [0.5, 0.6) is 0 Å².